The first kappa shape index (κ1) is 13.6. The lowest BCUT2D eigenvalue weighted by atomic mass is 9.85. The predicted octanol–water partition coefficient (Wildman–Crippen LogP) is 3.60. The second kappa shape index (κ2) is 5.89. The zero-order valence-electron chi connectivity index (χ0n) is 10.7. The topological polar surface area (TPSA) is 29.3 Å². The van der Waals surface area contributed by atoms with Crippen LogP contribution in [0.4, 0.5) is 5.69 Å². The summed E-state index contributed by atoms with van der Waals surface area (Å²) in [5.74, 6) is 0.819. The van der Waals surface area contributed by atoms with E-state index in [1.165, 1.54) is 19.3 Å². The average Bonchev–Trinajstić information content (AvgIpc) is 2.28. The van der Waals surface area contributed by atoms with Gasteiger partial charge in [0.25, 0.3) is 0 Å². The Morgan fingerprint density at radius 3 is 2.72 bits per heavy atom. The van der Waals surface area contributed by atoms with Gasteiger partial charge in [0.15, 0.2) is 0 Å². The molecule has 0 atom stereocenters. The number of anilines is 1. The molecule has 0 spiro atoms. The van der Waals surface area contributed by atoms with Gasteiger partial charge in [0, 0.05) is 29.4 Å². The fourth-order valence-electron chi connectivity index (χ4n) is 2.37. The Bertz CT molecular complexity index is 443. The summed E-state index contributed by atoms with van der Waals surface area (Å²) in [6, 6.07) is 5.80. The van der Waals surface area contributed by atoms with Crippen LogP contribution in [0.25, 0.3) is 0 Å². The standard InChI is InChI=1S/C14H19ClN2S/c1-2-17(9-10-4-3-5-10)13-7-6-11(15)8-12(13)14(16)18/h6-8,10H,2-5,9H2,1H3,(H2,16,18). The van der Waals surface area contributed by atoms with Crippen molar-refractivity contribution in [1.82, 2.24) is 0 Å². The molecule has 0 bridgehead atoms. The first-order valence-electron chi connectivity index (χ1n) is 6.46. The molecule has 98 valence electrons. The third-order valence-electron chi connectivity index (χ3n) is 3.65. The Hall–Kier alpha value is -0.800. The fourth-order valence-corrected chi connectivity index (χ4v) is 2.70. The molecule has 0 saturated heterocycles. The first-order valence-corrected chi connectivity index (χ1v) is 7.24. The monoisotopic (exact) mass is 282 g/mol. The number of halogens is 1. The van der Waals surface area contributed by atoms with Gasteiger partial charge >= 0.3 is 0 Å². The van der Waals surface area contributed by atoms with E-state index in [0.29, 0.717) is 10.0 Å². The number of nitrogens with zero attached hydrogens (tertiary/aromatic N) is 1. The Balaban J connectivity index is 2.25. The second-order valence-electron chi connectivity index (χ2n) is 4.86. The quantitative estimate of drug-likeness (QED) is 0.837. The van der Waals surface area contributed by atoms with E-state index in [9.17, 15) is 0 Å². The van der Waals surface area contributed by atoms with Crippen molar-refractivity contribution in [2.45, 2.75) is 26.2 Å². The number of thiocarbonyl (C=S) groups is 1. The van der Waals surface area contributed by atoms with Crippen LogP contribution in [0.1, 0.15) is 31.7 Å². The summed E-state index contributed by atoms with van der Waals surface area (Å²) >= 11 is 11.1. The molecule has 1 aliphatic rings. The number of rotatable bonds is 5. The van der Waals surface area contributed by atoms with Crippen molar-refractivity contribution in [3.8, 4) is 0 Å². The normalized spacial score (nSPS) is 15.2. The van der Waals surface area contributed by atoms with E-state index in [2.05, 4.69) is 11.8 Å². The Kier molecular flexibility index (Phi) is 4.46. The van der Waals surface area contributed by atoms with Crippen LogP contribution in [0.15, 0.2) is 18.2 Å². The summed E-state index contributed by atoms with van der Waals surface area (Å²) in [4.78, 5) is 2.77. The molecule has 0 radical (unpaired) electrons. The highest BCUT2D eigenvalue weighted by atomic mass is 35.5. The van der Waals surface area contributed by atoms with Gasteiger partial charge in [-0.2, -0.15) is 0 Å². The molecule has 1 saturated carbocycles. The SMILES string of the molecule is CCN(CC1CCC1)c1ccc(Cl)cc1C(N)=S. The molecule has 1 aliphatic carbocycles. The third kappa shape index (κ3) is 2.96. The molecular weight excluding hydrogens is 264 g/mol. The maximum absolute atomic E-state index is 6.02. The van der Waals surface area contributed by atoms with E-state index in [-0.39, 0.29) is 0 Å². The summed E-state index contributed by atoms with van der Waals surface area (Å²) < 4.78 is 0. The number of hydrogen-bond acceptors (Lipinski definition) is 2. The van der Waals surface area contributed by atoms with Gasteiger partial charge in [-0.3, -0.25) is 0 Å². The van der Waals surface area contributed by atoms with E-state index < -0.39 is 0 Å². The molecule has 1 aromatic rings. The zero-order chi connectivity index (χ0) is 13.1. The molecule has 18 heavy (non-hydrogen) atoms. The van der Waals surface area contributed by atoms with E-state index in [1.54, 1.807) is 0 Å². The number of benzene rings is 1. The fraction of sp³-hybridized carbons (Fsp3) is 0.500. The lowest BCUT2D eigenvalue weighted by Crippen LogP contribution is -2.33. The highest BCUT2D eigenvalue weighted by Crippen LogP contribution is 2.31. The van der Waals surface area contributed by atoms with Crippen LogP contribution in [0.2, 0.25) is 5.02 Å². The van der Waals surface area contributed by atoms with Crippen molar-refractivity contribution in [3.05, 3.63) is 28.8 Å². The number of hydrogen-bond donors (Lipinski definition) is 1. The summed E-state index contributed by atoms with van der Waals surface area (Å²) in [6.45, 7) is 4.22. The van der Waals surface area contributed by atoms with Crippen LogP contribution in [-0.4, -0.2) is 18.1 Å². The summed E-state index contributed by atoms with van der Waals surface area (Å²) in [5.41, 5.74) is 7.80. The van der Waals surface area contributed by atoms with Gasteiger partial charge in [-0.1, -0.05) is 30.2 Å². The minimum Gasteiger partial charge on any atom is -0.389 e. The van der Waals surface area contributed by atoms with E-state index in [0.717, 1.165) is 30.3 Å². The lowest BCUT2D eigenvalue weighted by Gasteiger charge is -2.34. The average molecular weight is 283 g/mol. The molecule has 1 aromatic carbocycles. The van der Waals surface area contributed by atoms with Gasteiger partial charge in [0.1, 0.15) is 4.99 Å². The zero-order valence-corrected chi connectivity index (χ0v) is 12.2. The minimum absolute atomic E-state index is 0.416. The van der Waals surface area contributed by atoms with E-state index in [4.69, 9.17) is 29.6 Å². The van der Waals surface area contributed by atoms with Crippen LogP contribution in [-0.2, 0) is 0 Å². The molecule has 2 N–H and O–H groups in total. The Morgan fingerprint density at radius 2 is 2.22 bits per heavy atom. The van der Waals surface area contributed by atoms with Crippen molar-refractivity contribution < 1.29 is 0 Å². The van der Waals surface area contributed by atoms with Crippen LogP contribution in [0, 0.1) is 5.92 Å². The molecule has 1 fully saturated rings. The highest BCUT2D eigenvalue weighted by Gasteiger charge is 2.21. The maximum Gasteiger partial charge on any atom is 0.106 e. The van der Waals surface area contributed by atoms with Gasteiger partial charge in [0.05, 0.1) is 0 Å². The maximum atomic E-state index is 6.02. The van der Waals surface area contributed by atoms with Crippen molar-refractivity contribution in [2.75, 3.05) is 18.0 Å². The van der Waals surface area contributed by atoms with Gasteiger partial charge in [-0.15, -0.1) is 0 Å². The molecule has 0 heterocycles. The van der Waals surface area contributed by atoms with Crippen LogP contribution >= 0.6 is 23.8 Å². The summed E-state index contributed by atoms with van der Waals surface area (Å²) in [6.07, 6.45) is 4.05. The van der Waals surface area contributed by atoms with Crippen LogP contribution in [0.3, 0.4) is 0 Å². The molecule has 2 nitrogen and oxygen atoms in total. The first-order chi connectivity index (χ1) is 8.61. The molecule has 4 heteroatoms. The molecular formula is C14H19ClN2S. The Morgan fingerprint density at radius 1 is 1.50 bits per heavy atom. The van der Waals surface area contributed by atoms with Crippen LogP contribution in [0.5, 0.6) is 0 Å². The van der Waals surface area contributed by atoms with Crippen molar-refractivity contribution >= 4 is 34.5 Å². The summed E-state index contributed by atoms with van der Waals surface area (Å²) in [5, 5.41) is 0.682. The van der Waals surface area contributed by atoms with E-state index in [1.807, 2.05) is 18.2 Å². The summed E-state index contributed by atoms with van der Waals surface area (Å²) in [7, 11) is 0. The smallest absolute Gasteiger partial charge is 0.106 e. The highest BCUT2D eigenvalue weighted by molar-refractivity contribution is 7.80. The molecule has 2 rings (SSSR count). The van der Waals surface area contributed by atoms with E-state index >= 15 is 0 Å². The molecule has 0 aliphatic heterocycles. The van der Waals surface area contributed by atoms with Crippen molar-refractivity contribution in [1.29, 1.82) is 0 Å². The van der Waals surface area contributed by atoms with Gasteiger partial charge in [-0.25, -0.2) is 0 Å². The predicted molar refractivity (Wildman–Crippen MR) is 82.6 cm³/mol. The van der Waals surface area contributed by atoms with Gasteiger partial charge < -0.3 is 10.6 Å². The number of nitrogens with two attached hydrogens (primary N) is 1. The van der Waals surface area contributed by atoms with Crippen molar-refractivity contribution in [2.24, 2.45) is 11.7 Å². The molecule has 0 unspecified atom stereocenters. The molecule has 0 aromatic heterocycles. The minimum atomic E-state index is 0.416. The third-order valence-corrected chi connectivity index (χ3v) is 4.10. The van der Waals surface area contributed by atoms with Gasteiger partial charge in [-0.05, 0) is 43.9 Å². The lowest BCUT2D eigenvalue weighted by molar-refractivity contribution is 0.318. The van der Waals surface area contributed by atoms with Crippen molar-refractivity contribution in [3.63, 3.8) is 0 Å². The molecule has 0 amide bonds. The van der Waals surface area contributed by atoms with Gasteiger partial charge in [0.2, 0.25) is 0 Å². The Labute approximate surface area is 119 Å². The van der Waals surface area contributed by atoms with Crippen LogP contribution < -0.4 is 10.6 Å². The second-order valence-corrected chi connectivity index (χ2v) is 5.74. The largest absolute Gasteiger partial charge is 0.389 e.